The number of halogens is 1. The number of aromatic nitrogens is 2. The molecule has 0 fully saturated rings. The SMILES string of the molecule is COP(C)(=O)OCc1ccc(NC(=O)CCc2cnn(C)c2-c2ccc(F)cc2)cc1. The monoisotopic (exact) mass is 445 g/mol. The molecule has 3 rings (SSSR count). The van der Waals surface area contributed by atoms with Gasteiger partial charge in [0.25, 0.3) is 0 Å². The van der Waals surface area contributed by atoms with Crippen LogP contribution in [-0.4, -0.2) is 29.5 Å². The Morgan fingerprint density at radius 2 is 1.84 bits per heavy atom. The van der Waals surface area contributed by atoms with Gasteiger partial charge in [0.2, 0.25) is 5.91 Å². The Labute approximate surface area is 180 Å². The molecule has 0 saturated heterocycles. The van der Waals surface area contributed by atoms with Gasteiger partial charge >= 0.3 is 7.60 Å². The largest absolute Gasteiger partial charge is 0.327 e. The van der Waals surface area contributed by atoms with Gasteiger partial charge in [0.15, 0.2) is 0 Å². The Hall–Kier alpha value is -2.80. The van der Waals surface area contributed by atoms with Crippen molar-refractivity contribution >= 4 is 19.2 Å². The summed E-state index contributed by atoms with van der Waals surface area (Å²) in [5, 5.41) is 7.14. The lowest BCUT2D eigenvalue weighted by Crippen LogP contribution is -2.12. The highest BCUT2D eigenvalue weighted by atomic mass is 31.2. The molecule has 0 aliphatic carbocycles. The minimum Gasteiger partial charge on any atom is -0.326 e. The van der Waals surface area contributed by atoms with Crippen LogP contribution in [0.5, 0.6) is 0 Å². The summed E-state index contributed by atoms with van der Waals surface area (Å²) in [6.07, 6.45) is 2.51. The summed E-state index contributed by atoms with van der Waals surface area (Å²) in [5.41, 5.74) is 4.10. The molecule has 3 aromatic rings. The van der Waals surface area contributed by atoms with Crippen LogP contribution in [-0.2, 0) is 38.5 Å². The van der Waals surface area contributed by atoms with E-state index in [4.69, 9.17) is 9.05 Å². The van der Waals surface area contributed by atoms with E-state index in [-0.39, 0.29) is 24.8 Å². The first-order valence-electron chi connectivity index (χ1n) is 9.71. The second-order valence-corrected chi connectivity index (χ2v) is 9.29. The zero-order valence-electron chi connectivity index (χ0n) is 17.7. The number of benzene rings is 2. The van der Waals surface area contributed by atoms with Crippen molar-refractivity contribution < 1.29 is 22.8 Å². The van der Waals surface area contributed by atoms with Crippen molar-refractivity contribution in [2.45, 2.75) is 19.4 Å². The third kappa shape index (κ3) is 6.34. The van der Waals surface area contributed by atoms with Crippen LogP contribution in [0.1, 0.15) is 17.5 Å². The van der Waals surface area contributed by atoms with Crippen LogP contribution < -0.4 is 5.32 Å². The van der Waals surface area contributed by atoms with E-state index in [1.54, 1.807) is 47.3 Å². The number of nitrogens with one attached hydrogen (secondary N) is 1. The number of carbonyl (C=O) groups is 1. The predicted molar refractivity (Wildman–Crippen MR) is 117 cm³/mol. The molecule has 1 unspecified atom stereocenters. The van der Waals surface area contributed by atoms with Crippen LogP contribution in [0.2, 0.25) is 0 Å². The highest BCUT2D eigenvalue weighted by Crippen LogP contribution is 2.43. The second kappa shape index (κ2) is 10.0. The molecule has 9 heteroatoms. The summed E-state index contributed by atoms with van der Waals surface area (Å²) < 4.78 is 36.8. The predicted octanol–water partition coefficient (Wildman–Crippen LogP) is 4.78. The Bertz CT molecular complexity index is 1080. The van der Waals surface area contributed by atoms with E-state index in [1.807, 2.05) is 7.05 Å². The molecule has 0 radical (unpaired) electrons. The number of amides is 1. The van der Waals surface area contributed by atoms with Gasteiger partial charge in [0.05, 0.1) is 18.5 Å². The van der Waals surface area contributed by atoms with E-state index in [0.29, 0.717) is 12.1 Å². The van der Waals surface area contributed by atoms with Crippen molar-refractivity contribution in [2.24, 2.45) is 7.05 Å². The molecule has 164 valence electrons. The van der Waals surface area contributed by atoms with Crippen molar-refractivity contribution in [1.29, 1.82) is 0 Å². The molecular formula is C22H25FN3O4P. The molecule has 0 bridgehead atoms. The minimum absolute atomic E-state index is 0.129. The zero-order chi connectivity index (χ0) is 22.4. The smallest absolute Gasteiger partial charge is 0.326 e. The maximum atomic E-state index is 13.2. The van der Waals surface area contributed by atoms with Gasteiger partial charge in [0.1, 0.15) is 5.82 Å². The van der Waals surface area contributed by atoms with Gasteiger partial charge in [0, 0.05) is 38.5 Å². The van der Waals surface area contributed by atoms with Crippen LogP contribution in [0.25, 0.3) is 11.3 Å². The summed E-state index contributed by atoms with van der Waals surface area (Å²) in [7, 11) is 0.124. The minimum atomic E-state index is -3.03. The van der Waals surface area contributed by atoms with E-state index in [1.165, 1.54) is 25.9 Å². The summed E-state index contributed by atoms with van der Waals surface area (Å²) >= 11 is 0. The standard InChI is InChI=1S/C22H25FN3O4P/c1-26-22(17-6-9-19(23)10-7-17)18(14-24-26)8-13-21(27)25-20-11-4-16(5-12-20)15-30-31(3,28)29-2/h4-7,9-12,14H,8,13,15H2,1-3H3,(H,25,27). The molecule has 0 aliphatic rings. The summed E-state index contributed by atoms with van der Waals surface area (Å²) in [4.78, 5) is 12.4. The molecule has 31 heavy (non-hydrogen) atoms. The quantitative estimate of drug-likeness (QED) is 0.479. The molecular weight excluding hydrogens is 420 g/mol. The fourth-order valence-corrected chi connectivity index (χ4v) is 3.54. The Morgan fingerprint density at radius 3 is 2.48 bits per heavy atom. The van der Waals surface area contributed by atoms with Crippen LogP contribution in [0.15, 0.2) is 54.7 Å². The van der Waals surface area contributed by atoms with Gasteiger partial charge in [-0.05, 0) is 53.9 Å². The van der Waals surface area contributed by atoms with E-state index < -0.39 is 7.60 Å². The lowest BCUT2D eigenvalue weighted by molar-refractivity contribution is -0.116. The first kappa shape index (κ1) is 22.9. The normalized spacial score (nSPS) is 13.0. The van der Waals surface area contributed by atoms with E-state index in [2.05, 4.69) is 10.4 Å². The van der Waals surface area contributed by atoms with E-state index in [0.717, 1.165) is 22.4 Å². The maximum Gasteiger partial charge on any atom is 0.327 e. The van der Waals surface area contributed by atoms with E-state index >= 15 is 0 Å². The molecule has 0 aliphatic heterocycles. The number of hydrogen-bond donors (Lipinski definition) is 1. The first-order chi connectivity index (χ1) is 14.8. The van der Waals surface area contributed by atoms with Crippen LogP contribution >= 0.6 is 7.60 Å². The van der Waals surface area contributed by atoms with Crippen molar-refractivity contribution in [2.75, 3.05) is 19.1 Å². The first-order valence-corrected chi connectivity index (χ1v) is 11.7. The highest BCUT2D eigenvalue weighted by Gasteiger charge is 2.15. The fourth-order valence-electron chi connectivity index (χ4n) is 3.05. The van der Waals surface area contributed by atoms with Crippen LogP contribution in [0.3, 0.4) is 0 Å². The summed E-state index contributed by atoms with van der Waals surface area (Å²) in [5.74, 6) is -0.429. The zero-order valence-corrected chi connectivity index (χ0v) is 18.6. The molecule has 1 atom stereocenters. The summed E-state index contributed by atoms with van der Waals surface area (Å²) in [6, 6.07) is 13.3. The van der Waals surface area contributed by atoms with Gasteiger partial charge in [-0.25, -0.2) is 4.39 Å². The van der Waals surface area contributed by atoms with Crippen LogP contribution in [0, 0.1) is 5.82 Å². The van der Waals surface area contributed by atoms with Crippen molar-refractivity contribution in [3.05, 3.63) is 71.7 Å². The number of nitrogens with zero attached hydrogens (tertiary/aromatic N) is 2. The fraction of sp³-hybridized carbons (Fsp3) is 0.273. The summed E-state index contributed by atoms with van der Waals surface area (Å²) in [6.45, 7) is 1.56. The van der Waals surface area contributed by atoms with Gasteiger partial charge in [-0.1, -0.05) is 12.1 Å². The lowest BCUT2D eigenvalue weighted by Gasteiger charge is -2.11. The van der Waals surface area contributed by atoms with Gasteiger partial charge < -0.3 is 14.4 Å². The molecule has 1 aromatic heterocycles. The highest BCUT2D eigenvalue weighted by molar-refractivity contribution is 7.52. The molecule has 2 aromatic carbocycles. The molecule has 1 amide bonds. The molecule has 7 nitrogen and oxygen atoms in total. The Kier molecular flexibility index (Phi) is 7.38. The topological polar surface area (TPSA) is 82.4 Å². The average Bonchev–Trinajstić information content (AvgIpc) is 3.13. The van der Waals surface area contributed by atoms with Crippen molar-refractivity contribution in [3.63, 3.8) is 0 Å². The molecule has 1 N–H and O–H groups in total. The third-order valence-electron chi connectivity index (χ3n) is 4.79. The third-order valence-corrected chi connectivity index (χ3v) is 6.05. The Morgan fingerprint density at radius 1 is 1.16 bits per heavy atom. The maximum absolute atomic E-state index is 13.2. The number of rotatable bonds is 9. The molecule has 0 saturated carbocycles. The van der Waals surface area contributed by atoms with Gasteiger partial charge in [-0.3, -0.25) is 14.0 Å². The van der Waals surface area contributed by atoms with Crippen molar-refractivity contribution in [3.8, 4) is 11.3 Å². The number of aryl methyl sites for hydroxylation is 2. The van der Waals surface area contributed by atoms with Crippen LogP contribution in [0.4, 0.5) is 10.1 Å². The number of carbonyl (C=O) groups excluding carboxylic acids is 1. The van der Waals surface area contributed by atoms with Gasteiger partial charge in [-0.2, -0.15) is 5.10 Å². The molecule has 1 heterocycles. The van der Waals surface area contributed by atoms with Gasteiger partial charge in [-0.15, -0.1) is 0 Å². The Balaban J connectivity index is 1.56. The number of anilines is 1. The average molecular weight is 445 g/mol. The van der Waals surface area contributed by atoms with Crippen molar-refractivity contribution in [1.82, 2.24) is 9.78 Å². The molecule has 0 spiro atoms. The second-order valence-electron chi connectivity index (χ2n) is 7.12. The number of hydrogen-bond acceptors (Lipinski definition) is 5. The van der Waals surface area contributed by atoms with E-state index in [9.17, 15) is 13.8 Å². The lowest BCUT2D eigenvalue weighted by atomic mass is 10.0.